The van der Waals surface area contributed by atoms with Gasteiger partial charge in [0.05, 0.1) is 29.6 Å². The summed E-state index contributed by atoms with van der Waals surface area (Å²) in [6, 6.07) is 10.9. The molecule has 0 radical (unpaired) electrons. The van der Waals surface area contributed by atoms with Gasteiger partial charge in [-0.05, 0) is 59.1 Å². The molecule has 1 heterocycles. The smallest absolute Gasteiger partial charge is 0.245 e. The quantitative estimate of drug-likeness (QED) is 0.531. The molecule has 1 aliphatic heterocycles. The van der Waals surface area contributed by atoms with Gasteiger partial charge < -0.3 is 10.1 Å². The van der Waals surface area contributed by atoms with Crippen LogP contribution in [0.3, 0.4) is 0 Å². The third kappa shape index (κ3) is 6.05. The highest BCUT2D eigenvalue weighted by Gasteiger charge is 2.28. The zero-order valence-electron chi connectivity index (χ0n) is 18.3. The van der Waals surface area contributed by atoms with Crippen LogP contribution in [0.15, 0.2) is 51.8 Å². The van der Waals surface area contributed by atoms with Gasteiger partial charge in [-0.2, -0.15) is 4.31 Å². The van der Waals surface area contributed by atoms with Gasteiger partial charge in [-0.15, -0.1) is 0 Å². The van der Waals surface area contributed by atoms with E-state index in [-0.39, 0.29) is 16.3 Å². The molecule has 0 aromatic heterocycles. The summed E-state index contributed by atoms with van der Waals surface area (Å²) in [6.45, 7) is 0.393. The van der Waals surface area contributed by atoms with Gasteiger partial charge in [-0.1, -0.05) is 18.6 Å². The fourth-order valence-electron chi connectivity index (χ4n) is 3.55. The molecule has 180 valence electrons. The summed E-state index contributed by atoms with van der Waals surface area (Å²) in [5, 5.41) is 2.60. The van der Waals surface area contributed by atoms with Gasteiger partial charge in [0.25, 0.3) is 0 Å². The van der Waals surface area contributed by atoms with E-state index in [1.54, 1.807) is 24.3 Å². The fourth-order valence-corrected chi connectivity index (χ4v) is 6.58. The van der Waals surface area contributed by atoms with Crippen molar-refractivity contribution in [2.45, 2.75) is 24.2 Å². The molecule has 33 heavy (non-hydrogen) atoms. The normalized spacial score (nSPS) is 15.1. The highest BCUT2D eigenvalue weighted by molar-refractivity contribution is 9.10. The average Bonchev–Trinajstić information content (AvgIpc) is 2.78. The van der Waals surface area contributed by atoms with Crippen molar-refractivity contribution in [2.24, 2.45) is 0 Å². The lowest BCUT2D eigenvalue weighted by Gasteiger charge is -2.26. The second kappa shape index (κ2) is 10.4. The molecule has 2 aromatic carbocycles. The number of nitrogens with zero attached hydrogens (tertiary/aromatic N) is 2. The highest BCUT2D eigenvalue weighted by Crippen LogP contribution is 2.31. The van der Waals surface area contributed by atoms with Crippen LogP contribution in [-0.2, 0) is 24.8 Å². The molecule has 3 rings (SSSR count). The number of sulfonamides is 2. The number of carbonyl (C=O) groups is 1. The molecule has 1 fully saturated rings. The number of amides is 1. The number of benzene rings is 2. The maximum absolute atomic E-state index is 13.0. The Kier molecular flexibility index (Phi) is 8.04. The van der Waals surface area contributed by atoms with E-state index in [4.69, 9.17) is 4.74 Å². The number of anilines is 2. The fraction of sp³-hybridized carbons (Fsp3) is 0.381. The monoisotopic (exact) mass is 559 g/mol. The van der Waals surface area contributed by atoms with Crippen LogP contribution in [-0.4, -0.2) is 60.0 Å². The van der Waals surface area contributed by atoms with E-state index >= 15 is 0 Å². The summed E-state index contributed by atoms with van der Waals surface area (Å²) >= 11 is 3.31. The van der Waals surface area contributed by atoms with Crippen molar-refractivity contribution in [1.29, 1.82) is 0 Å². The Morgan fingerprint density at radius 3 is 2.36 bits per heavy atom. The van der Waals surface area contributed by atoms with Gasteiger partial charge in [0.2, 0.25) is 26.0 Å². The molecule has 0 unspecified atom stereocenters. The number of nitrogens with one attached hydrogen (secondary N) is 1. The van der Waals surface area contributed by atoms with Crippen LogP contribution in [0.4, 0.5) is 11.4 Å². The summed E-state index contributed by atoms with van der Waals surface area (Å²) in [5.41, 5.74) is 0.449. The first-order valence-electron chi connectivity index (χ1n) is 10.2. The van der Waals surface area contributed by atoms with E-state index in [9.17, 15) is 21.6 Å². The van der Waals surface area contributed by atoms with Gasteiger partial charge in [0.15, 0.2) is 0 Å². The minimum absolute atomic E-state index is 0.0336. The molecule has 1 N–H and O–H groups in total. The van der Waals surface area contributed by atoms with Gasteiger partial charge in [0, 0.05) is 17.6 Å². The highest BCUT2D eigenvalue weighted by atomic mass is 79.9. The number of halogens is 1. The first-order chi connectivity index (χ1) is 15.5. The van der Waals surface area contributed by atoms with Gasteiger partial charge in [-0.25, -0.2) is 16.8 Å². The van der Waals surface area contributed by atoms with Crippen molar-refractivity contribution < 1.29 is 26.4 Å². The molecule has 1 amide bonds. The SMILES string of the molecule is COc1ccc(S(=O)(=O)N2CCCCC2)cc1NC(=O)CN(c1ccccc1Br)S(C)(=O)=O. The van der Waals surface area contributed by atoms with E-state index < -0.39 is 32.5 Å². The van der Waals surface area contributed by atoms with Crippen molar-refractivity contribution in [3.8, 4) is 5.75 Å². The molecule has 0 atom stereocenters. The van der Waals surface area contributed by atoms with Gasteiger partial charge >= 0.3 is 0 Å². The molecule has 12 heteroatoms. The summed E-state index contributed by atoms with van der Waals surface area (Å²) in [4.78, 5) is 12.9. The third-order valence-electron chi connectivity index (χ3n) is 5.21. The van der Waals surface area contributed by atoms with Crippen LogP contribution in [0.1, 0.15) is 19.3 Å². The Morgan fingerprint density at radius 2 is 1.76 bits per heavy atom. The van der Waals surface area contributed by atoms with Crippen LogP contribution >= 0.6 is 15.9 Å². The molecule has 1 saturated heterocycles. The zero-order chi connectivity index (χ0) is 24.2. The Hall–Kier alpha value is -2.15. The lowest BCUT2D eigenvalue weighted by molar-refractivity contribution is -0.114. The number of hydrogen-bond acceptors (Lipinski definition) is 6. The van der Waals surface area contributed by atoms with Crippen LogP contribution in [0.5, 0.6) is 5.75 Å². The molecular formula is C21H26BrN3O6S2. The first-order valence-corrected chi connectivity index (χ1v) is 14.3. The molecule has 2 aromatic rings. The number of hydrogen-bond donors (Lipinski definition) is 1. The lowest BCUT2D eigenvalue weighted by Crippen LogP contribution is -2.38. The predicted molar refractivity (Wildman–Crippen MR) is 131 cm³/mol. The third-order valence-corrected chi connectivity index (χ3v) is 8.90. The van der Waals surface area contributed by atoms with Crippen molar-refractivity contribution in [2.75, 3.05) is 42.6 Å². The predicted octanol–water partition coefficient (Wildman–Crippen LogP) is 3.04. The number of piperidine rings is 1. The number of para-hydroxylation sites is 1. The van der Waals surface area contributed by atoms with Crippen molar-refractivity contribution >= 4 is 53.3 Å². The molecule has 0 aliphatic carbocycles. The summed E-state index contributed by atoms with van der Waals surface area (Å²) in [7, 11) is -6.11. The second-order valence-corrected chi connectivity index (χ2v) is 12.3. The second-order valence-electron chi connectivity index (χ2n) is 7.60. The van der Waals surface area contributed by atoms with Crippen molar-refractivity contribution in [3.05, 3.63) is 46.9 Å². The molecule has 0 saturated carbocycles. The number of methoxy groups -OCH3 is 1. The summed E-state index contributed by atoms with van der Waals surface area (Å²) in [6.07, 6.45) is 3.60. The van der Waals surface area contributed by atoms with E-state index in [0.29, 0.717) is 23.2 Å². The Bertz CT molecular complexity index is 1230. The zero-order valence-corrected chi connectivity index (χ0v) is 21.5. The minimum Gasteiger partial charge on any atom is -0.495 e. The van der Waals surface area contributed by atoms with E-state index in [2.05, 4.69) is 21.2 Å². The van der Waals surface area contributed by atoms with E-state index in [1.807, 2.05) is 0 Å². The summed E-state index contributed by atoms with van der Waals surface area (Å²) in [5.74, 6) is -0.394. The molecule has 0 bridgehead atoms. The topological polar surface area (TPSA) is 113 Å². The maximum Gasteiger partial charge on any atom is 0.245 e. The number of carbonyl (C=O) groups excluding carboxylic acids is 1. The number of ether oxygens (including phenoxy) is 1. The van der Waals surface area contributed by atoms with Crippen molar-refractivity contribution in [3.63, 3.8) is 0 Å². The summed E-state index contributed by atoms with van der Waals surface area (Å²) < 4.78 is 59.0. The average molecular weight is 560 g/mol. The van der Waals surface area contributed by atoms with E-state index in [0.717, 1.165) is 29.8 Å². The van der Waals surface area contributed by atoms with Crippen LogP contribution in [0, 0.1) is 0 Å². The van der Waals surface area contributed by atoms with E-state index in [1.165, 1.54) is 29.6 Å². The maximum atomic E-state index is 13.0. The Labute approximate surface area is 203 Å². The molecule has 9 nitrogen and oxygen atoms in total. The van der Waals surface area contributed by atoms with Crippen LogP contribution in [0.2, 0.25) is 0 Å². The minimum atomic E-state index is -3.78. The largest absolute Gasteiger partial charge is 0.495 e. The molecule has 1 aliphatic rings. The Balaban J connectivity index is 1.88. The molecular weight excluding hydrogens is 534 g/mol. The first kappa shape index (κ1) is 25.5. The standard InChI is InChI=1S/C21H26BrN3O6S2/c1-31-20-11-10-16(33(29,30)24-12-6-3-7-13-24)14-18(20)23-21(26)15-25(32(2,27)28)19-9-5-4-8-17(19)22/h4-5,8-11,14H,3,6-7,12-13,15H2,1-2H3,(H,23,26). The van der Waals surface area contributed by atoms with Crippen LogP contribution < -0.4 is 14.4 Å². The Morgan fingerprint density at radius 1 is 1.09 bits per heavy atom. The van der Waals surface area contributed by atoms with Gasteiger partial charge in [0.1, 0.15) is 12.3 Å². The number of rotatable bonds is 8. The van der Waals surface area contributed by atoms with Crippen LogP contribution in [0.25, 0.3) is 0 Å². The van der Waals surface area contributed by atoms with Gasteiger partial charge in [-0.3, -0.25) is 9.10 Å². The lowest BCUT2D eigenvalue weighted by atomic mass is 10.2. The van der Waals surface area contributed by atoms with Crippen molar-refractivity contribution in [1.82, 2.24) is 4.31 Å². The molecule has 0 spiro atoms.